The van der Waals surface area contributed by atoms with E-state index < -0.39 is 0 Å². The second-order valence-corrected chi connectivity index (χ2v) is 7.74. The van der Waals surface area contributed by atoms with Crippen molar-refractivity contribution in [3.8, 4) is 10.4 Å². The van der Waals surface area contributed by atoms with Gasteiger partial charge in [-0.05, 0) is 24.5 Å². The van der Waals surface area contributed by atoms with Crippen molar-refractivity contribution >= 4 is 39.2 Å². The van der Waals surface area contributed by atoms with Gasteiger partial charge in [0.15, 0.2) is 0 Å². The molecule has 1 amide bonds. The molecule has 0 spiro atoms. The lowest BCUT2D eigenvalue weighted by atomic mass is 10.2. The van der Waals surface area contributed by atoms with Crippen molar-refractivity contribution in [1.29, 1.82) is 0 Å². The van der Waals surface area contributed by atoms with E-state index in [2.05, 4.69) is 47.3 Å². The van der Waals surface area contributed by atoms with Crippen LogP contribution in [0.4, 0.5) is 0 Å². The van der Waals surface area contributed by atoms with E-state index in [0.717, 1.165) is 28.1 Å². The van der Waals surface area contributed by atoms with Crippen molar-refractivity contribution in [2.75, 3.05) is 5.75 Å². The number of hydrogen-bond acceptors (Lipinski definition) is 5. The van der Waals surface area contributed by atoms with Gasteiger partial charge in [-0.2, -0.15) is 0 Å². The Balaban J connectivity index is 1.76. The molecule has 6 heteroatoms. The van der Waals surface area contributed by atoms with Crippen LogP contribution in [-0.4, -0.2) is 27.7 Å². The van der Waals surface area contributed by atoms with Crippen LogP contribution in [0.5, 0.6) is 0 Å². The molecule has 0 saturated carbocycles. The van der Waals surface area contributed by atoms with Crippen LogP contribution in [0.25, 0.3) is 20.7 Å². The molecular weight excluding hydrogens is 350 g/mol. The Morgan fingerprint density at radius 2 is 1.96 bits per heavy atom. The van der Waals surface area contributed by atoms with Crippen LogP contribution in [-0.2, 0) is 4.79 Å². The molecular formula is C19H21N3OS2. The molecule has 0 bridgehead atoms. The monoisotopic (exact) mass is 371 g/mol. The third-order valence-electron chi connectivity index (χ3n) is 4.04. The first-order valence-electron chi connectivity index (χ1n) is 8.43. The molecule has 0 aliphatic heterocycles. The van der Waals surface area contributed by atoms with Crippen LogP contribution in [0, 0.1) is 0 Å². The summed E-state index contributed by atoms with van der Waals surface area (Å²) in [6.45, 7) is 4.18. The fourth-order valence-electron chi connectivity index (χ4n) is 2.59. The first-order chi connectivity index (χ1) is 12.2. The maximum atomic E-state index is 12.1. The van der Waals surface area contributed by atoms with Crippen LogP contribution >= 0.6 is 23.1 Å². The van der Waals surface area contributed by atoms with Crippen molar-refractivity contribution in [2.24, 2.45) is 0 Å². The summed E-state index contributed by atoms with van der Waals surface area (Å²) < 4.78 is 0. The SMILES string of the molecule is CCC(CC)NC(=O)CSc1ncnc2sc(-c3ccccc3)cc12. The summed E-state index contributed by atoms with van der Waals surface area (Å²) in [4.78, 5) is 23.0. The lowest BCUT2D eigenvalue weighted by molar-refractivity contribution is -0.119. The summed E-state index contributed by atoms with van der Waals surface area (Å²) in [7, 11) is 0. The predicted octanol–water partition coefficient (Wildman–Crippen LogP) is 4.76. The average molecular weight is 372 g/mol. The van der Waals surface area contributed by atoms with E-state index in [1.165, 1.54) is 22.2 Å². The highest BCUT2D eigenvalue weighted by atomic mass is 32.2. The smallest absolute Gasteiger partial charge is 0.230 e. The van der Waals surface area contributed by atoms with Crippen molar-refractivity contribution in [3.05, 3.63) is 42.7 Å². The molecule has 25 heavy (non-hydrogen) atoms. The van der Waals surface area contributed by atoms with Gasteiger partial charge in [0.05, 0.1) is 5.75 Å². The number of hydrogen-bond donors (Lipinski definition) is 1. The van der Waals surface area contributed by atoms with Gasteiger partial charge < -0.3 is 5.32 Å². The molecule has 0 saturated heterocycles. The second kappa shape index (κ2) is 8.45. The van der Waals surface area contributed by atoms with Crippen LogP contribution in [0.2, 0.25) is 0 Å². The maximum Gasteiger partial charge on any atom is 0.230 e. The molecule has 4 nitrogen and oxygen atoms in total. The number of fused-ring (bicyclic) bond motifs is 1. The van der Waals surface area contributed by atoms with Crippen LogP contribution in [0.15, 0.2) is 47.8 Å². The third kappa shape index (κ3) is 4.38. The van der Waals surface area contributed by atoms with E-state index in [1.807, 2.05) is 18.2 Å². The summed E-state index contributed by atoms with van der Waals surface area (Å²) in [5, 5.41) is 4.95. The van der Waals surface area contributed by atoms with E-state index in [9.17, 15) is 4.79 Å². The lowest BCUT2D eigenvalue weighted by Gasteiger charge is -2.14. The van der Waals surface area contributed by atoms with Crippen molar-refractivity contribution in [1.82, 2.24) is 15.3 Å². The molecule has 0 fully saturated rings. The molecule has 3 aromatic rings. The molecule has 2 aromatic heterocycles. The Morgan fingerprint density at radius 3 is 2.68 bits per heavy atom. The van der Waals surface area contributed by atoms with Crippen LogP contribution < -0.4 is 5.32 Å². The van der Waals surface area contributed by atoms with Crippen LogP contribution in [0.1, 0.15) is 26.7 Å². The Labute approximate surface area is 156 Å². The molecule has 0 aliphatic carbocycles. The van der Waals surface area contributed by atoms with E-state index in [-0.39, 0.29) is 11.9 Å². The summed E-state index contributed by atoms with van der Waals surface area (Å²) in [6, 6.07) is 12.6. The largest absolute Gasteiger partial charge is 0.353 e. The summed E-state index contributed by atoms with van der Waals surface area (Å²) in [5.74, 6) is 0.433. The Hall–Kier alpha value is -1.92. The molecule has 0 atom stereocenters. The summed E-state index contributed by atoms with van der Waals surface area (Å²) in [6.07, 6.45) is 3.49. The van der Waals surface area contributed by atoms with E-state index >= 15 is 0 Å². The molecule has 0 aliphatic rings. The molecule has 0 unspecified atom stereocenters. The minimum absolute atomic E-state index is 0.0592. The van der Waals surface area contributed by atoms with Gasteiger partial charge in [0, 0.05) is 16.3 Å². The highest BCUT2D eigenvalue weighted by Crippen LogP contribution is 2.35. The zero-order valence-electron chi connectivity index (χ0n) is 14.4. The number of nitrogens with one attached hydrogen (secondary N) is 1. The van der Waals surface area contributed by atoms with Gasteiger partial charge in [-0.15, -0.1) is 11.3 Å². The molecule has 1 N–H and O–H groups in total. The highest BCUT2D eigenvalue weighted by Gasteiger charge is 2.13. The number of rotatable bonds is 7. The zero-order chi connectivity index (χ0) is 17.6. The van der Waals surface area contributed by atoms with Gasteiger partial charge in [0.25, 0.3) is 0 Å². The normalized spacial score (nSPS) is 11.2. The van der Waals surface area contributed by atoms with Crippen molar-refractivity contribution in [2.45, 2.75) is 37.8 Å². The van der Waals surface area contributed by atoms with Gasteiger partial charge in [0.1, 0.15) is 16.2 Å². The van der Waals surface area contributed by atoms with Crippen LogP contribution in [0.3, 0.4) is 0 Å². The number of carbonyl (C=O) groups excluding carboxylic acids is 1. The molecule has 1 aromatic carbocycles. The Morgan fingerprint density at radius 1 is 1.20 bits per heavy atom. The highest BCUT2D eigenvalue weighted by molar-refractivity contribution is 8.00. The summed E-state index contributed by atoms with van der Waals surface area (Å²) in [5.41, 5.74) is 1.17. The van der Waals surface area contributed by atoms with E-state index in [1.54, 1.807) is 17.7 Å². The number of thioether (sulfide) groups is 1. The standard InChI is InChI=1S/C19H21N3OS2/c1-3-14(4-2)22-17(23)11-24-18-15-10-16(13-8-6-5-7-9-13)25-19(15)21-12-20-18/h5-10,12,14H,3-4,11H2,1-2H3,(H,22,23). The average Bonchev–Trinajstić information content (AvgIpc) is 3.10. The Kier molecular flexibility index (Phi) is 6.04. The third-order valence-corrected chi connectivity index (χ3v) is 6.14. The van der Waals surface area contributed by atoms with Gasteiger partial charge in [-0.1, -0.05) is 55.9 Å². The van der Waals surface area contributed by atoms with Gasteiger partial charge in [-0.25, -0.2) is 9.97 Å². The number of carbonyl (C=O) groups is 1. The Bertz CT molecular complexity index is 844. The first kappa shape index (κ1) is 17.9. The number of amides is 1. The first-order valence-corrected chi connectivity index (χ1v) is 10.2. The predicted molar refractivity (Wildman–Crippen MR) is 106 cm³/mol. The van der Waals surface area contributed by atoms with Crippen molar-refractivity contribution < 1.29 is 4.79 Å². The van der Waals surface area contributed by atoms with Gasteiger partial charge >= 0.3 is 0 Å². The van der Waals surface area contributed by atoms with E-state index in [4.69, 9.17) is 0 Å². The molecule has 130 valence electrons. The molecule has 3 rings (SSSR count). The second-order valence-electron chi connectivity index (χ2n) is 5.74. The number of nitrogens with zero attached hydrogens (tertiary/aromatic N) is 2. The number of aromatic nitrogens is 2. The number of thiophene rings is 1. The lowest BCUT2D eigenvalue weighted by Crippen LogP contribution is -2.35. The minimum Gasteiger partial charge on any atom is -0.353 e. The topological polar surface area (TPSA) is 54.9 Å². The fourth-order valence-corrected chi connectivity index (χ4v) is 4.44. The van der Waals surface area contributed by atoms with Gasteiger partial charge in [-0.3, -0.25) is 4.79 Å². The quantitative estimate of drug-likeness (QED) is 0.481. The van der Waals surface area contributed by atoms with Crippen molar-refractivity contribution in [3.63, 3.8) is 0 Å². The minimum atomic E-state index is 0.0592. The fraction of sp³-hybridized carbons (Fsp3) is 0.316. The zero-order valence-corrected chi connectivity index (χ0v) is 16.0. The van der Waals surface area contributed by atoms with Gasteiger partial charge in [0.2, 0.25) is 5.91 Å². The summed E-state index contributed by atoms with van der Waals surface area (Å²) >= 11 is 3.12. The number of benzene rings is 1. The van der Waals surface area contributed by atoms with E-state index in [0.29, 0.717) is 5.75 Å². The molecule has 0 radical (unpaired) electrons. The maximum absolute atomic E-state index is 12.1. The molecule has 2 heterocycles.